The number of hydrogen-bond donors (Lipinski definition) is 1. The number of halogens is 5. The van der Waals surface area contributed by atoms with Crippen LogP contribution in [0.4, 0.5) is 22.0 Å². The van der Waals surface area contributed by atoms with Crippen molar-refractivity contribution in [1.29, 1.82) is 0 Å². The van der Waals surface area contributed by atoms with Crippen molar-refractivity contribution in [2.45, 2.75) is 12.6 Å². The fourth-order valence-corrected chi connectivity index (χ4v) is 2.05. The molecule has 0 saturated carbocycles. The summed E-state index contributed by atoms with van der Waals surface area (Å²) in [6.07, 6.45) is 0. The second-order valence-corrected chi connectivity index (χ2v) is 4.45. The molecule has 0 aliphatic carbocycles. The molecule has 0 radical (unpaired) electrons. The lowest BCUT2D eigenvalue weighted by molar-refractivity contribution is -0.150. The molecular weight excluding hydrogens is 301 g/mol. The van der Waals surface area contributed by atoms with Gasteiger partial charge in [0, 0.05) is 18.7 Å². The summed E-state index contributed by atoms with van der Waals surface area (Å²) < 4.78 is 71.1. The summed E-state index contributed by atoms with van der Waals surface area (Å²) in [5.74, 6) is -11.6. The third-order valence-electron chi connectivity index (χ3n) is 3.19. The molecule has 116 valence electrons. The molecule has 4 nitrogen and oxygen atoms in total. The molecule has 0 bridgehead atoms. The van der Waals surface area contributed by atoms with Crippen molar-refractivity contribution < 1.29 is 36.6 Å². The van der Waals surface area contributed by atoms with Crippen molar-refractivity contribution in [2.24, 2.45) is 0 Å². The lowest BCUT2D eigenvalue weighted by Gasteiger charge is -2.32. The van der Waals surface area contributed by atoms with Gasteiger partial charge in [-0.15, -0.1) is 0 Å². The molecular formula is C12H10F5NO3. The average molecular weight is 311 g/mol. The Hall–Kier alpha value is -1.74. The topological polar surface area (TPSA) is 49.8 Å². The Morgan fingerprint density at radius 1 is 1.10 bits per heavy atom. The minimum absolute atomic E-state index is 0.00351. The molecule has 1 aliphatic rings. The van der Waals surface area contributed by atoms with Gasteiger partial charge in [-0.25, -0.2) is 22.0 Å². The van der Waals surface area contributed by atoms with E-state index >= 15 is 0 Å². The number of ether oxygens (including phenoxy) is 1. The Balaban J connectivity index is 2.37. The number of benzene rings is 1. The normalized spacial score (nSPS) is 19.8. The van der Waals surface area contributed by atoms with Gasteiger partial charge in [0.25, 0.3) is 0 Å². The van der Waals surface area contributed by atoms with E-state index in [0.29, 0.717) is 0 Å². The molecule has 1 heterocycles. The summed E-state index contributed by atoms with van der Waals surface area (Å²) in [6.45, 7) is -0.855. The third kappa shape index (κ3) is 2.84. The van der Waals surface area contributed by atoms with E-state index in [1.165, 1.54) is 0 Å². The molecule has 1 aromatic rings. The Morgan fingerprint density at radius 2 is 1.62 bits per heavy atom. The van der Waals surface area contributed by atoms with E-state index < -0.39 is 53.2 Å². The second-order valence-electron chi connectivity index (χ2n) is 4.45. The van der Waals surface area contributed by atoms with Crippen molar-refractivity contribution in [2.75, 3.05) is 19.8 Å². The van der Waals surface area contributed by atoms with E-state index in [-0.39, 0.29) is 19.8 Å². The molecule has 1 fully saturated rings. The average Bonchev–Trinajstić information content (AvgIpc) is 2.48. The Kier molecular flexibility index (Phi) is 4.43. The Labute approximate surface area is 115 Å². The predicted molar refractivity (Wildman–Crippen MR) is 58.9 cm³/mol. The largest absolute Gasteiger partial charge is 0.480 e. The van der Waals surface area contributed by atoms with Crippen LogP contribution >= 0.6 is 0 Å². The van der Waals surface area contributed by atoms with E-state index in [0.717, 1.165) is 4.90 Å². The first-order valence-corrected chi connectivity index (χ1v) is 5.89. The zero-order valence-corrected chi connectivity index (χ0v) is 10.5. The number of carbonyl (C=O) groups is 1. The smallest absolute Gasteiger partial charge is 0.323 e. The molecule has 0 aromatic heterocycles. The lowest BCUT2D eigenvalue weighted by atomic mass is 10.1. The summed E-state index contributed by atoms with van der Waals surface area (Å²) in [4.78, 5) is 12.1. The summed E-state index contributed by atoms with van der Waals surface area (Å²) in [5, 5.41) is 8.96. The first kappa shape index (κ1) is 15.6. The lowest BCUT2D eigenvalue weighted by Crippen LogP contribution is -2.49. The van der Waals surface area contributed by atoms with Crippen LogP contribution in [0.1, 0.15) is 5.56 Å². The van der Waals surface area contributed by atoms with Crippen molar-refractivity contribution in [1.82, 2.24) is 4.90 Å². The Morgan fingerprint density at radius 3 is 2.14 bits per heavy atom. The van der Waals surface area contributed by atoms with E-state index in [4.69, 9.17) is 9.84 Å². The van der Waals surface area contributed by atoms with Crippen LogP contribution in [0.3, 0.4) is 0 Å². The van der Waals surface area contributed by atoms with Crippen molar-refractivity contribution >= 4 is 5.97 Å². The van der Waals surface area contributed by atoms with Crippen LogP contribution in [-0.2, 0) is 16.1 Å². The maximum atomic E-state index is 13.6. The SMILES string of the molecule is O=C(O)C1COCCN1Cc1c(F)c(F)c(F)c(F)c1F. The first-order valence-electron chi connectivity index (χ1n) is 5.89. The van der Waals surface area contributed by atoms with Crippen LogP contribution < -0.4 is 0 Å². The zero-order valence-electron chi connectivity index (χ0n) is 10.5. The van der Waals surface area contributed by atoms with Gasteiger partial charge in [0.15, 0.2) is 23.3 Å². The molecule has 1 N–H and O–H groups in total. The fourth-order valence-electron chi connectivity index (χ4n) is 2.05. The van der Waals surface area contributed by atoms with Gasteiger partial charge in [-0.05, 0) is 0 Å². The fraction of sp³-hybridized carbons (Fsp3) is 0.417. The highest BCUT2D eigenvalue weighted by atomic mass is 19.2. The standard InChI is InChI=1S/C12H10F5NO3/c13-7-5(8(14)10(16)11(17)9(7)15)3-18-1-2-21-4-6(18)12(19)20/h6H,1-4H2,(H,19,20). The van der Waals surface area contributed by atoms with Crippen molar-refractivity contribution in [3.8, 4) is 0 Å². The molecule has 1 saturated heterocycles. The van der Waals surface area contributed by atoms with Crippen LogP contribution in [0.5, 0.6) is 0 Å². The summed E-state index contributed by atoms with van der Waals surface area (Å²) in [5.41, 5.74) is -1.06. The highest BCUT2D eigenvalue weighted by Gasteiger charge is 2.33. The minimum atomic E-state index is -2.24. The van der Waals surface area contributed by atoms with Gasteiger partial charge < -0.3 is 9.84 Å². The molecule has 1 aliphatic heterocycles. The van der Waals surface area contributed by atoms with Crippen molar-refractivity contribution in [3.63, 3.8) is 0 Å². The molecule has 21 heavy (non-hydrogen) atoms. The highest BCUT2D eigenvalue weighted by Crippen LogP contribution is 2.25. The molecule has 1 aromatic carbocycles. The number of hydrogen-bond acceptors (Lipinski definition) is 3. The van der Waals surface area contributed by atoms with Gasteiger partial charge >= 0.3 is 5.97 Å². The number of nitrogens with zero attached hydrogens (tertiary/aromatic N) is 1. The van der Waals surface area contributed by atoms with E-state index in [1.54, 1.807) is 0 Å². The number of carboxylic acid groups (broad SMARTS) is 1. The summed E-state index contributed by atoms with van der Waals surface area (Å²) in [6, 6.07) is -1.21. The minimum Gasteiger partial charge on any atom is -0.480 e. The van der Waals surface area contributed by atoms with Crippen LogP contribution in [0, 0.1) is 29.1 Å². The molecule has 1 atom stereocenters. The molecule has 0 amide bonds. The molecule has 1 unspecified atom stereocenters. The molecule has 2 rings (SSSR count). The summed E-state index contributed by atoms with van der Waals surface area (Å²) in [7, 11) is 0. The molecule has 0 spiro atoms. The van der Waals surface area contributed by atoms with Crippen LogP contribution in [0.25, 0.3) is 0 Å². The van der Waals surface area contributed by atoms with Gasteiger partial charge in [-0.1, -0.05) is 0 Å². The van der Waals surface area contributed by atoms with Crippen molar-refractivity contribution in [3.05, 3.63) is 34.6 Å². The Bertz CT molecular complexity index is 551. The first-order chi connectivity index (χ1) is 9.84. The van der Waals surface area contributed by atoms with Gasteiger partial charge in [-0.2, -0.15) is 0 Å². The maximum absolute atomic E-state index is 13.6. The summed E-state index contributed by atoms with van der Waals surface area (Å²) >= 11 is 0. The second kappa shape index (κ2) is 5.94. The maximum Gasteiger partial charge on any atom is 0.323 e. The quantitative estimate of drug-likeness (QED) is 0.524. The van der Waals surface area contributed by atoms with Gasteiger partial charge in [-0.3, -0.25) is 9.69 Å². The van der Waals surface area contributed by atoms with Gasteiger partial charge in [0.2, 0.25) is 5.82 Å². The van der Waals surface area contributed by atoms with Crippen LogP contribution in [0.15, 0.2) is 0 Å². The zero-order chi connectivity index (χ0) is 15.7. The predicted octanol–water partition coefficient (Wildman–Crippen LogP) is 1.67. The van der Waals surface area contributed by atoms with E-state index in [2.05, 4.69) is 0 Å². The number of morpholine rings is 1. The van der Waals surface area contributed by atoms with Gasteiger partial charge in [0.05, 0.1) is 13.2 Å². The number of carboxylic acids is 1. The third-order valence-corrected chi connectivity index (χ3v) is 3.19. The van der Waals surface area contributed by atoms with Gasteiger partial charge in [0.1, 0.15) is 6.04 Å². The van der Waals surface area contributed by atoms with E-state index in [1.807, 2.05) is 0 Å². The highest BCUT2D eigenvalue weighted by molar-refractivity contribution is 5.73. The van der Waals surface area contributed by atoms with Crippen LogP contribution in [0.2, 0.25) is 0 Å². The number of rotatable bonds is 3. The van der Waals surface area contributed by atoms with E-state index in [9.17, 15) is 26.7 Å². The number of aliphatic carboxylic acids is 1. The molecule has 9 heteroatoms. The monoisotopic (exact) mass is 311 g/mol. The van der Waals surface area contributed by atoms with Crippen LogP contribution in [-0.4, -0.2) is 41.8 Å².